The molecule has 1 amide bonds. The van der Waals surface area contributed by atoms with Gasteiger partial charge in [0.2, 0.25) is 0 Å². The summed E-state index contributed by atoms with van der Waals surface area (Å²) in [6.45, 7) is 5.96. The Morgan fingerprint density at radius 3 is 2.38 bits per heavy atom. The quantitative estimate of drug-likeness (QED) is 0.627. The molecule has 0 bridgehead atoms. The molecule has 0 aliphatic carbocycles. The molecule has 150 valence electrons. The third-order valence-corrected chi connectivity index (χ3v) is 4.70. The van der Waals surface area contributed by atoms with Crippen molar-refractivity contribution in [1.82, 2.24) is 15.3 Å². The number of benzene rings is 2. The van der Waals surface area contributed by atoms with Crippen LogP contribution in [0.1, 0.15) is 29.9 Å². The fourth-order valence-corrected chi connectivity index (χ4v) is 3.08. The SMILES string of the molecule is CCN(CC)c1cc(C(=O)NCCc2ccccc2F)nc(-c2ccccc2)n1. The minimum Gasteiger partial charge on any atom is -0.357 e. The highest BCUT2D eigenvalue weighted by Gasteiger charge is 2.15. The van der Waals surface area contributed by atoms with Crippen LogP contribution in [0.2, 0.25) is 0 Å². The van der Waals surface area contributed by atoms with Gasteiger partial charge < -0.3 is 10.2 Å². The van der Waals surface area contributed by atoms with Crippen molar-refractivity contribution in [2.75, 3.05) is 24.5 Å². The maximum absolute atomic E-state index is 13.8. The fraction of sp³-hybridized carbons (Fsp3) is 0.261. The van der Waals surface area contributed by atoms with Crippen LogP contribution in [-0.4, -0.2) is 35.5 Å². The lowest BCUT2D eigenvalue weighted by atomic mass is 10.1. The molecule has 0 fully saturated rings. The number of nitrogens with zero attached hydrogens (tertiary/aromatic N) is 3. The Kier molecular flexibility index (Phi) is 6.89. The zero-order valence-electron chi connectivity index (χ0n) is 16.7. The largest absolute Gasteiger partial charge is 0.357 e. The highest BCUT2D eigenvalue weighted by Crippen LogP contribution is 2.20. The molecule has 1 N–H and O–H groups in total. The van der Waals surface area contributed by atoms with E-state index in [2.05, 4.69) is 20.2 Å². The number of rotatable bonds is 8. The number of anilines is 1. The second kappa shape index (κ2) is 9.78. The van der Waals surface area contributed by atoms with Crippen molar-refractivity contribution >= 4 is 11.7 Å². The maximum Gasteiger partial charge on any atom is 0.270 e. The molecule has 0 aliphatic heterocycles. The van der Waals surface area contributed by atoms with Gasteiger partial charge in [0.25, 0.3) is 5.91 Å². The van der Waals surface area contributed by atoms with E-state index in [1.165, 1.54) is 6.07 Å². The van der Waals surface area contributed by atoms with E-state index < -0.39 is 0 Å². The third-order valence-electron chi connectivity index (χ3n) is 4.70. The van der Waals surface area contributed by atoms with Crippen molar-refractivity contribution in [1.29, 1.82) is 0 Å². The van der Waals surface area contributed by atoms with Gasteiger partial charge in [-0.15, -0.1) is 0 Å². The first-order chi connectivity index (χ1) is 14.1. The standard InChI is InChI=1S/C23H25FN4O/c1-3-28(4-2)21-16-20(26-22(27-21)18-11-6-5-7-12-18)23(29)25-15-14-17-10-8-9-13-19(17)24/h5-13,16H,3-4,14-15H2,1-2H3,(H,25,29). The first-order valence-corrected chi connectivity index (χ1v) is 9.83. The summed E-state index contributed by atoms with van der Waals surface area (Å²) in [7, 11) is 0. The monoisotopic (exact) mass is 392 g/mol. The summed E-state index contributed by atoms with van der Waals surface area (Å²) in [5, 5.41) is 2.84. The van der Waals surface area contributed by atoms with Crippen molar-refractivity contribution in [3.8, 4) is 11.4 Å². The van der Waals surface area contributed by atoms with Crippen LogP contribution in [-0.2, 0) is 6.42 Å². The van der Waals surface area contributed by atoms with Crippen LogP contribution >= 0.6 is 0 Å². The highest BCUT2D eigenvalue weighted by molar-refractivity contribution is 5.93. The van der Waals surface area contributed by atoms with Crippen molar-refractivity contribution < 1.29 is 9.18 Å². The average Bonchev–Trinajstić information content (AvgIpc) is 2.76. The van der Waals surface area contributed by atoms with Crippen molar-refractivity contribution in [3.05, 3.63) is 77.7 Å². The van der Waals surface area contributed by atoms with E-state index in [0.29, 0.717) is 35.9 Å². The van der Waals surface area contributed by atoms with E-state index in [-0.39, 0.29) is 11.7 Å². The number of aromatic nitrogens is 2. The maximum atomic E-state index is 13.8. The summed E-state index contributed by atoms with van der Waals surface area (Å²) in [6.07, 6.45) is 0.415. The highest BCUT2D eigenvalue weighted by atomic mass is 19.1. The van der Waals surface area contributed by atoms with Gasteiger partial charge in [-0.2, -0.15) is 0 Å². The van der Waals surface area contributed by atoms with Crippen molar-refractivity contribution in [2.24, 2.45) is 0 Å². The van der Waals surface area contributed by atoms with Gasteiger partial charge in [0.15, 0.2) is 5.82 Å². The Bertz CT molecular complexity index is 958. The molecule has 0 spiro atoms. The Morgan fingerprint density at radius 1 is 1.00 bits per heavy atom. The minimum absolute atomic E-state index is 0.265. The van der Waals surface area contributed by atoms with Crippen LogP contribution in [0.25, 0.3) is 11.4 Å². The van der Waals surface area contributed by atoms with Crippen LogP contribution in [0.3, 0.4) is 0 Å². The summed E-state index contributed by atoms with van der Waals surface area (Å²) in [4.78, 5) is 23.9. The van der Waals surface area contributed by atoms with E-state index in [9.17, 15) is 9.18 Å². The predicted molar refractivity (Wildman–Crippen MR) is 113 cm³/mol. The normalized spacial score (nSPS) is 10.6. The number of hydrogen-bond donors (Lipinski definition) is 1. The molecule has 6 heteroatoms. The first-order valence-electron chi connectivity index (χ1n) is 9.83. The van der Waals surface area contributed by atoms with Crippen molar-refractivity contribution in [3.63, 3.8) is 0 Å². The summed E-state index contributed by atoms with van der Waals surface area (Å²) >= 11 is 0. The number of halogens is 1. The second-order valence-corrected chi connectivity index (χ2v) is 6.57. The Balaban J connectivity index is 1.82. The van der Waals surface area contributed by atoms with Gasteiger partial charge in [-0.25, -0.2) is 14.4 Å². The summed E-state index contributed by atoms with van der Waals surface area (Å²) in [6, 6.07) is 17.9. The smallest absolute Gasteiger partial charge is 0.270 e. The molecule has 3 aromatic rings. The summed E-state index contributed by atoms with van der Waals surface area (Å²) in [5.74, 6) is 0.658. The Morgan fingerprint density at radius 2 is 1.69 bits per heavy atom. The van der Waals surface area contributed by atoms with Crippen LogP contribution in [0.15, 0.2) is 60.7 Å². The number of nitrogens with one attached hydrogen (secondary N) is 1. The van der Waals surface area contributed by atoms with Crippen LogP contribution in [0.5, 0.6) is 0 Å². The summed E-state index contributed by atoms with van der Waals surface area (Å²) < 4.78 is 13.8. The van der Waals surface area contributed by atoms with E-state index >= 15 is 0 Å². The van der Waals surface area contributed by atoms with E-state index in [1.807, 2.05) is 44.2 Å². The molecule has 1 aromatic heterocycles. The average molecular weight is 392 g/mol. The van der Waals surface area contributed by atoms with Gasteiger partial charge >= 0.3 is 0 Å². The van der Waals surface area contributed by atoms with Crippen LogP contribution in [0, 0.1) is 5.82 Å². The molecular weight excluding hydrogens is 367 g/mol. The van der Waals surface area contributed by atoms with E-state index in [1.54, 1.807) is 24.3 Å². The minimum atomic E-state index is -0.297. The molecule has 0 atom stereocenters. The lowest BCUT2D eigenvalue weighted by Gasteiger charge is -2.21. The molecule has 2 aromatic carbocycles. The molecule has 29 heavy (non-hydrogen) atoms. The van der Waals surface area contributed by atoms with Gasteiger partial charge in [-0.05, 0) is 31.9 Å². The van der Waals surface area contributed by atoms with Gasteiger partial charge in [0, 0.05) is 31.3 Å². The van der Waals surface area contributed by atoms with Gasteiger partial charge in [0.05, 0.1) is 0 Å². The van der Waals surface area contributed by atoms with E-state index in [0.717, 1.165) is 18.7 Å². The number of amides is 1. The van der Waals surface area contributed by atoms with Gasteiger partial charge in [-0.3, -0.25) is 4.79 Å². The molecule has 0 unspecified atom stereocenters. The van der Waals surface area contributed by atoms with Gasteiger partial charge in [-0.1, -0.05) is 48.5 Å². The molecular formula is C23H25FN4O. The first kappa shape index (κ1) is 20.5. The number of carbonyl (C=O) groups excluding carboxylic acids is 1. The Hall–Kier alpha value is -3.28. The second-order valence-electron chi connectivity index (χ2n) is 6.57. The molecule has 1 heterocycles. The third kappa shape index (κ3) is 5.16. The predicted octanol–water partition coefficient (Wildman–Crippen LogP) is 4.10. The molecule has 3 rings (SSSR count). The van der Waals surface area contributed by atoms with Crippen LogP contribution < -0.4 is 10.2 Å². The lowest BCUT2D eigenvalue weighted by molar-refractivity contribution is 0.0949. The number of carbonyl (C=O) groups is 1. The topological polar surface area (TPSA) is 58.1 Å². The Labute approximate surface area is 170 Å². The molecule has 0 aliphatic rings. The lowest BCUT2D eigenvalue weighted by Crippen LogP contribution is -2.28. The zero-order chi connectivity index (χ0) is 20.6. The summed E-state index contributed by atoms with van der Waals surface area (Å²) in [5.41, 5.74) is 1.72. The fourth-order valence-electron chi connectivity index (χ4n) is 3.08. The van der Waals surface area contributed by atoms with Crippen LogP contribution in [0.4, 0.5) is 10.2 Å². The molecule has 0 saturated carbocycles. The number of hydrogen-bond acceptors (Lipinski definition) is 4. The van der Waals surface area contributed by atoms with Gasteiger partial charge in [0.1, 0.15) is 17.3 Å². The molecule has 5 nitrogen and oxygen atoms in total. The molecule has 0 radical (unpaired) electrons. The zero-order valence-corrected chi connectivity index (χ0v) is 16.7. The van der Waals surface area contributed by atoms with E-state index in [4.69, 9.17) is 0 Å². The van der Waals surface area contributed by atoms with Crippen molar-refractivity contribution in [2.45, 2.75) is 20.3 Å². The molecule has 0 saturated heterocycles.